The Morgan fingerprint density at radius 3 is 2.86 bits per heavy atom. The molecule has 0 saturated carbocycles. The van der Waals surface area contributed by atoms with Crippen LogP contribution >= 0.6 is 11.6 Å². The lowest BCUT2D eigenvalue weighted by Crippen LogP contribution is -2.08. The van der Waals surface area contributed by atoms with Gasteiger partial charge in [0.25, 0.3) is 0 Å². The van der Waals surface area contributed by atoms with Crippen LogP contribution in [0.3, 0.4) is 0 Å². The van der Waals surface area contributed by atoms with Crippen molar-refractivity contribution >= 4 is 11.6 Å². The molecule has 0 aromatic heterocycles. The van der Waals surface area contributed by atoms with Crippen molar-refractivity contribution in [3.63, 3.8) is 0 Å². The van der Waals surface area contributed by atoms with Gasteiger partial charge in [-0.3, -0.25) is 0 Å². The van der Waals surface area contributed by atoms with Crippen LogP contribution in [0.5, 0.6) is 0 Å². The van der Waals surface area contributed by atoms with Gasteiger partial charge in [0.1, 0.15) is 0 Å². The molecule has 0 radical (unpaired) electrons. The zero-order valence-corrected chi connectivity index (χ0v) is 8.46. The van der Waals surface area contributed by atoms with Gasteiger partial charge in [-0.15, -0.1) is 0 Å². The Hall–Kier alpha value is -1.04. The van der Waals surface area contributed by atoms with Gasteiger partial charge in [0.2, 0.25) is 0 Å². The first-order valence-electron chi connectivity index (χ1n) is 4.67. The van der Waals surface area contributed by atoms with Crippen molar-refractivity contribution in [1.82, 2.24) is 5.32 Å². The van der Waals surface area contributed by atoms with E-state index in [0.717, 1.165) is 23.7 Å². The topological polar surface area (TPSA) is 35.8 Å². The van der Waals surface area contributed by atoms with Gasteiger partial charge in [-0.25, -0.2) is 0 Å². The molecule has 0 bridgehead atoms. The summed E-state index contributed by atoms with van der Waals surface area (Å²) < 4.78 is 0. The summed E-state index contributed by atoms with van der Waals surface area (Å²) in [4.78, 5) is 0. The molecule has 14 heavy (non-hydrogen) atoms. The first kappa shape index (κ1) is 9.51. The third kappa shape index (κ3) is 1.61. The lowest BCUT2D eigenvalue weighted by Gasteiger charge is -2.13. The van der Waals surface area contributed by atoms with Gasteiger partial charge in [0.05, 0.1) is 12.0 Å². The molecule has 1 heterocycles. The van der Waals surface area contributed by atoms with Crippen molar-refractivity contribution in [2.24, 2.45) is 5.92 Å². The molecule has 1 aliphatic heterocycles. The molecular weight excluding hydrogens is 196 g/mol. The summed E-state index contributed by atoms with van der Waals surface area (Å²) in [5, 5.41) is 12.9. The second kappa shape index (κ2) is 4.00. The number of benzene rings is 1. The summed E-state index contributed by atoms with van der Waals surface area (Å²) in [7, 11) is 0. The second-order valence-electron chi connectivity index (χ2n) is 3.52. The van der Waals surface area contributed by atoms with E-state index in [4.69, 9.17) is 16.9 Å². The SMILES string of the molecule is N#C[C@@H]1CNC[C@H]1c1ccccc1Cl. The molecule has 0 unspecified atom stereocenters. The van der Waals surface area contributed by atoms with E-state index in [2.05, 4.69) is 11.4 Å². The average molecular weight is 207 g/mol. The second-order valence-corrected chi connectivity index (χ2v) is 3.93. The molecule has 0 aliphatic carbocycles. The monoisotopic (exact) mass is 206 g/mol. The number of hydrogen-bond acceptors (Lipinski definition) is 2. The van der Waals surface area contributed by atoms with Gasteiger partial charge in [-0.2, -0.15) is 5.26 Å². The van der Waals surface area contributed by atoms with Crippen LogP contribution in [-0.4, -0.2) is 13.1 Å². The molecule has 2 rings (SSSR count). The van der Waals surface area contributed by atoms with Crippen molar-refractivity contribution in [1.29, 1.82) is 5.26 Å². The summed E-state index contributed by atoms with van der Waals surface area (Å²) in [6.07, 6.45) is 0. The summed E-state index contributed by atoms with van der Waals surface area (Å²) in [5.41, 5.74) is 1.09. The van der Waals surface area contributed by atoms with Gasteiger partial charge in [0.15, 0.2) is 0 Å². The molecule has 72 valence electrons. The fourth-order valence-electron chi connectivity index (χ4n) is 1.92. The Bertz CT molecular complexity index is 370. The quantitative estimate of drug-likeness (QED) is 0.765. The van der Waals surface area contributed by atoms with Gasteiger partial charge in [-0.05, 0) is 11.6 Å². The van der Waals surface area contributed by atoms with Crippen LogP contribution in [0.2, 0.25) is 5.02 Å². The van der Waals surface area contributed by atoms with Gasteiger partial charge in [-0.1, -0.05) is 29.8 Å². The van der Waals surface area contributed by atoms with E-state index < -0.39 is 0 Å². The highest BCUT2D eigenvalue weighted by Gasteiger charge is 2.29. The standard InChI is InChI=1S/C11H11ClN2/c12-11-4-2-1-3-9(11)10-7-14-6-8(10)5-13/h1-4,8,10,14H,6-7H2/t8-,10-/m1/s1. The van der Waals surface area contributed by atoms with Crippen LogP contribution in [0.4, 0.5) is 0 Å². The van der Waals surface area contributed by atoms with Crippen LogP contribution in [-0.2, 0) is 0 Å². The number of rotatable bonds is 1. The van der Waals surface area contributed by atoms with Crippen molar-refractivity contribution < 1.29 is 0 Å². The van der Waals surface area contributed by atoms with Gasteiger partial charge in [0, 0.05) is 24.0 Å². The Labute approximate surface area is 88.5 Å². The Morgan fingerprint density at radius 1 is 1.36 bits per heavy atom. The molecular formula is C11H11ClN2. The predicted octanol–water partition coefficient (Wildman–Crippen LogP) is 2.17. The van der Waals surface area contributed by atoms with Crippen LogP contribution in [0, 0.1) is 17.2 Å². The molecule has 1 aromatic carbocycles. The highest BCUT2D eigenvalue weighted by atomic mass is 35.5. The average Bonchev–Trinajstić information content (AvgIpc) is 2.66. The first-order valence-corrected chi connectivity index (χ1v) is 5.05. The fourth-order valence-corrected chi connectivity index (χ4v) is 2.19. The molecule has 2 atom stereocenters. The smallest absolute Gasteiger partial charge is 0.0676 e. The number of nitriles is 1. The maximum Gasteiger partial charge on any atom is 0.0676 e. The lowest BCUT2D eigenvalue weighted by molar-refractivity contribution is 0.647. The van der Waals surface area contributed by atoms with E-state index in [1.54, 1.807) is 0 Å². The first-order chi connectivity index (χ1) is 6.83. The summed E-state index contributed by atoms with van der Waals surface area (Å²) in [5.74, 6) is 0.295. The van der Waals surface area contributed by atoms with E-state index in [1.807, 2.05) is 24.3 Å². The van der Waals surface area contributed by atoms with E-state index >= 15 is 0 Å². The Kier molecular flexibility index (Phi) is 2.72. The van der Waals surface area contributed by atoms with E-state index in [0.29, 0.717) is 0 Å². The molecule has 1 aromatic rings. The lowest BCUT2D eigenvalue weighted by atomic mass is 9.90. The van der Waals surface area contributed by atoms with Gasteiger partial charge >= 0.3 is 0 Å². The molecule has 1 fully saturated rings. The highest BCUT2D eigenvalue weighted by Crippen LogP contribution is 2.32. The van der Waals surface area contributed by atoms with Crippen LogP contribution in [0.15, 0.2) is 24.3 Å². The molecule has 1 saturated heterocycles. The summed E-state index contributed by atoms with van der Waals surface area (Å²) >= 11 is 6.09. The third-order valence-corrected chi connectivity index (χ3v) is 3.03. The van der Waals surface area contributed by atoms with E-state index in [-0.39, 0.29) is 11.8 Å². The Morgan fingerprint density at radius 2 is 2.14 bits per heavy atom. The van der Waals surface area contributed by atoms with Crippen LogP contribution < -0.4 is 5.32 Å². The molecule has 2 nitrogen and oxygen atoms in total. The number of hydrogen-bond donors (Lipinski definition) is 1. The Balaban J connectivity index is 2.31. The largest absolute Gasteiger partial charge is 0.315 e. The van der Waals surface area contributed by atoms with E-state index in [1.165, 1.54) is 0 Å². The van der Waals surface area contributed by atoms with Crippen molar-refractivity contribution in [2.75, 3.05) is 13.1 Å². The molecule has 0 spiro atoms. The predicted molar refractivity (Wildman–Crippen MR) is 56.2 cm³/mol. The van der Waals surface area contributed by atoms with Crippen molar-refractivity contribution in [3.05, 3.63) is 34.9 Å². The molecule has 1 N–H and O–H groups in total. The zero-order valence-electron chi connectivity index (χ0n) is 7.70. The minimum Gasteiger partial charge on any atom is -0.315 e. The normalized spacial score (nSPS) is 26.0. The van der Waals surface area contributed by atoms with Crippen molar-refractivity contribution in [3.8, 4) is 6.07 Å². The number of halogens is 1. The summed E-state index contributed by atoms with van der Waals surface area (Å²) in [6.45, 7) is 1.62. The maximum absolute atomic E-state index is 8.96. The third-order valence-electron chi connectivity index (χ3n) is 2.68. The zero-order chi connectivity index (χ0) is 9.97. The maximum atomic E-state index is 8.96. The summed E-state index contributed by atoms with van der Waals surface area (Å²) in [6, 6.07) is 10.1. The highest BCUT2D eigenvalue weighted by molar-refractivity contribution is 6.31. The van der Waals surface area contributed by atoms with Crippen molar-refractivity contribution in [2.45, 2.75) is 5.92 Å². The van der Waals surface area contributed by atoms with Crippen LogP contribution in [0.25, 0.3) is 0 Å². The minimum atomic E-state index is 0.0508. The molecule has 1 aliphatic rings. The van der Waals surface area contributed by atoms with Gasteiger partial charge < -0.3 is 5.32 Å². The fraction of sp³-hybridized carbons (Fsp3) is 0.364. The number of nitrogens with zero attached hydrogens (tertiary/aromatic N) is 1. The van der Waals surface area contributed by atoms with E-state index in [9.17, 15) is 0 Å². The molecule has 0 amide bonds. The van der Waals surface area contributed by atoms with Crippen LogP contribution in [0.1, 0.15) is 11.5 Å². The minimum absolute atomic E-state index is 0.0508. The molecule has 3 heteroatoms. The number of nitrogens with one attached hydrogen (secondary N) is 1.